The van der Waals surface area contributed by atoms with Crippen molar-refractivity contribution in [3.8, 4) is 0 Å². The number of ether oxygens (including phenoxy) is 2. The first-order valence-electron chi connectivity index (χ1n) is 17.5. The molecule has 3 aliphatic rings. The third kappa shape index (κ3) is 9.08. The number of carboxylic acids is 1. The Bertz CT molecular complexity index is 1920. The maximum absolute atomic E-state index is 13.8. The number of likely N-dealkylation sites (tertiary alicyclic amines) is 1. The number of anilines is 1. The van der Waals surface area contributed by atoms with E-state index in [0.717, 1.165) is 0 Å². The van der Waals surface area contributed by atoms with Crippen molar-refractivity contribution in [1.82, 2.24) is 9.80 Å². The monoisotopic (exact) mass is 812 g/mol. The van der Waals surface area contributed by atoms with E-state index in [1.54, 1.807) is 12.1 Å². The molecule has 0 saturated carbocycles. The van der Waals surface area contributed by atoms with Gasteiger partial charge in [0.05, 0.1) is 26.7 Å². The standard InChI is InChI=1S/C37H44N4O11S2Si/c1-8-16-50-34(46)23-10-9-11-24(17-23)38-30(42)27-18-26(19-39(27)36(47)51-20-22-12-14-25(15-13-22)41(48)49)53-35-29(33(44)45)40-31(43)28(32(40)54-35)21(2)52-55(6,7)37(3,4)5/h8-15,17,21,26-28,32H,1,16,18-20H2,2-7H3,(H,38,42)(H,44,45)/t21?,26-,27-,28-,32+/m0/s1. The first kappa shape index (κ1) is 41.5. The molecule has 55 heavy (non-hydrogen) atoms. The summed E-state index contributed by atoms with van der Waals surface area (Å²) in [5.74, 6) is -3.33. The van der Waals surface area contributed by atoms with Crippen LogP contribution in [0.2, 0.25) is 18.1 Å². The molecule has 2 fully saturated rings. The topological polar surface area (TPSA) is 195 Å². The summed E-state index contributed by atoms with van der Waals surface area (Å²) in [6.45, 7) is 15.7. The number of nitrogens with one attached hydrogen (secondary N) is 1. The molecular formula is C37H44N4O11S2Si. The van der Waals surface area contributed by atoms with E-state index in [1.165, 1.54) is 75.8 Å². The second-order valence-corrected chi connectivity index (χ2v) is 22.3. The molecule has 3 amide bonds. The number of non-ortho nitro benzene ring substituents is 1. The molecule has 2 saturated heterocycles. The fraction of sp³-hybridized carbons (Fsp3) is 0.432. The lowest BCUT2D eigenvalue weighted by molar-refractivity contribution is -0.384. The molecule has 15 nitrogen and oxygen atoms in total. The highest BCUT2D eigenvalue weighted by molar-refractivity contribution is 8.23. The third-order valence-corrected chi connectivity index (χ3v) is 17.4. The Morgan fingerprint density at radius 3 is 2.47 bits per heavy atom. The Kier molecular flexibility index (Phi) is 12.5. The predicted octanol–water partition coefficient (Wildman–Crippen LogP) is 6.58. The lowest BCUT2D eigenvalue weighted by atomic mass is 9.92. The lowest BCUT2D eigenvalue weighted by Crippen LogP contribution is -2.62. The largest absolute Gasteiger partial charge is 0.477 e. The Morgan fingerprint density at radius 2 is 1.85 bits per heavy atom. The van der Waals surface area contributed by atoms with Crippen molar-refractivity contribution < 1.29 is 47.9 Å². The number of nitro benzene ring substituents is 1. The number of hydrogen-bond donors (Lipinski definition) is 2. The number of thioether (sulfide) groups is 2. The van der Waals surface area contributed by atoms with Gasteiger partial charge in [0.15, 0.2) is 14.0 Å². The molecule has 0 aliphatic carbocycles. The summed E-state index contributed by atoms with van der Waals surface area (Å²) in [7, 11) is -2.24. The average molecular weight is 813 g/mol. The van der Waals surface area contributed by atoms with E-state index in [0.29, 0.717) is 9.80 Å². The molecule has 3 heterocycles. The molecule has 1 unspecified atom stereocenters. The van der Waals surface area contributed by atoms with Crippen LogP contribution >= 0.6 is 23.5 Å². The normalized spacial score (nSPS) is 21.4. The van der Waals surface area contributed by atoms with Crippen LogP contribution in [0.25, 0.3) is 0 Å². The number of esters is 1. The summed E-state index contributed by atoms with van der Waals surface area (Å²) in [5, 5.41) is 23.0. The van der Waals surface area contributed by atoms with E-state index in [1.807, 2.05) is 6.92 Å². The minimum Gasteiger partial charge on any atom is -0.477 e. The molecule has 2 N–H and O–H groups in total. The molecule has 18 heteroatoms. The molecule has 0 bridgehead atoms. The molecule has 3 aliphatic heterocycles. The summed E-state index contributed by atoms with van der Waals surface area (Å²) in [6.07, 6.45) is 0.264. The minimum absolute atomic E-state index is 0.000344. The second kappa shape index (κ2) is 16.6. The van der Waals surface area contributed by atoms with E-state index in [4.69, 9.17) is 13.9 Å². The van der Waals surface area contributed by atoms with Crippen molar-refractivity contribution in [3.05, 3.63) is 92.4 Å². The minimum atomic E-state index is -2.24. The number of β-lactam (4-membered cyclic amide) rings is 1. The molecule has 0 spiro atoms. The number of rotatable bonds is 14. The maximum atomic E-state index is 13.8. The average Bonchev–Trinajstić information content (AvgIpc) is 3.68. The summed E-state index contributed by atoms with van der Waals surface area (Å²) in [6, 6.07) is 10.5. The number of nitrogens with zero attached hydrogens (tertiary/aromatic N) is 3. The van der Waals surface area contributed by atoms with Crippen LogP contribution < -0.4 is 5.32 Å². The van der Waals surface area contributed by atoms with Gasteiger partial charge in [0.25, 0.3) is 5.69 Å². The zero-order valence-electron chi connectivity index (χ0n) is 31.3. The fourth-order valence-electron chi connectivity index (χ4n) is 6.13. The van der Waals surface area contributed by atoms with Gasteiger partial charge >= 0.3 is 18.0 Å². The number of carbonyl (C=O) groups is 5. The molecule has 2 aromatic rings. The molecule has 2 aromatic carbocycles. The Morgan fingerprint density at radius 1 is 1.16 bits per heavy atom. The zero-order valence-corrected chi connectivity index (χ0v) is 33.9. The van der Waals surface area contributed by atoms with Gasteiger partial charge in [-0.15, -0.1) is 11.8 Å². The lowest BCUT2D eigenvalue weighted by Gasteiger charge is -2.48. The van der Waals surface area contributed by atoms with E-state index in [2.05, 4.69) is 45.8 Å². The molecule has 5 atom stereocenters. The predicted molar refractivity (Wildman–Crippen MR) is 209 cm³/mol. The maximum Gasteiger partial charge on any atom is 0.410 e. The van der Waals surface area contributed by atoms with E-state index in [9.17, 15) is 39.2 Å². The Balaban J connectivity index is 1.34. The van der Waals surface area contributed by atoms with Crippen molar-refractivity contribution in [2.24, 2.45) is 5.92 Å². The van der Waals surface area contributed by atoms with Crippen LogP contribution in [-0.4, -0.2) is 93.9 Å². The number of aliphatic carboxylic acids is 1. The van der Waals surface area contributed by atoms with Gasteiger partial charge in [-0.1, -0.05) is 51.3 Å². The Hall–Kier alpha value is -4.65. The number of nitro groups is 1. The summed E-state index contributed by atoms with van der Waals surface area (Å²) < 4.78 is 17.6. The fourth-order valence-corrected chi connectivity index (χ4v) is 10.9. The number of carboxylic acid groups (broad SMARTS) is 1. The van der Waals surface area contributed by atoms with Gasteiger partial charge in [0, 0.05) is 29.6 Å². The van der Waals surface area contributed by atoms with Gasteiger partial charge < -0.3 is 24.3 Å². The summed E-state index contributed by atoms with van der Waals surface area (Å²) in [4.78, 5) is 79.0. The SMILES string of the molecule is C=CCOC(=O)c1cccc(NC(=O)[C@@H]2C[C@H](SC3=C(C(=O)O)N4C(=O)[C@H](C(C)O[Si](C)(C)C(C)(C)C)[C@H]4S3)CN2C(=O)OCc2ccc([N+](=O)[O-])cc2)c1. The highest BCUT2D eigenvalue weighted by Crippen LogP contribution is 2.56. The van der Waals surface area contributed by atoms with Gasteiger partial charge in [0.2, 0.25) is 11.8 Å². The highest BCUT2D eigenvalue weighted by atomic mass is 32.2. The van der Waals surface area contributed by atoms with Gasteiger partial charge in [-0.05, 0) is 67.4 Å². The third-order valence-electron chi connectivity index (χ3n) is 10.0. The van der Waals surface area contributed by atoms with Crippen LogP contribution in [0.1, 0.15) is 50.0 Å². The first-order chi connectivity index (χ1) is 25.8. The van der Waals surface area contributed by atoms with Crippen molar-refractivity contribution in [2.75, 3.05) is 18.5 Å². The molecule has 5 rings (SSSR count). The first-order valence-corrected chi connectivity index (χ1v) is 22.2. The van der Waals surface area contributed by atoms with Crippen molar-refractivity contribution in [3.63, 3.8) is 0 Å². The van der Waals surface area contributed by atoms with Crippen LogP contribution in [0.15, 0.2) is 71.1 Å². The molecular weight excluding hydrogens is 769 g/mol. The highest BCUT2D eigenvalue weighted by Gasteiger charge is 2.59. The van der Waals surface area contributed by atoms with E-state index >= 15 is 0 Å². The smallest absolute Gasteiger partial charge is 0.410 e. The van der Waals surface area contributed by atoms with Crippen LogP contribution in [0.5, 0.6) is 0 Å². The van der Waals surface area contributed by atoms with Gasteiger partial charge in [-0.25, -0.2) is 14.4 Å². The zero-order chi connectivity index (χ0) is 40.4. The number of carbonyl (C=O) groups excluding carboxylic acids is 4. The summed E-state index contributed by atoms with van der Waals surface area (Å²) >= 11 is 2.46. The van der Waals surface area contributed by atoms with E-state index in [-0.39, 0.29) is 59.8 Å². The van der Waals surface area contributed by atoms with E-state index < -0.39 is 65.9 Å². The molecule has 0 aromatic heterocycles. The Labute approximate surface area is 328 Å². The van der Waals surface area contributed by atoms with Crippen LogP contribution in [0.3, 0.4) is 0 Å². The van der Waals surface area contributed by atoms with Gasteiger partial charge in [-0.2, -0.15) is 0 Å². The van der Waals surface area contributed by atoms with Crippen molar-refractivity contribution in [2.45, 2.75) is 81.6 Å². The number of benzene rings is 2. The molecule has 294 valence electrons. The van der Waals surface area contributed by atoms with Gasteiger partial charge in [0.1, 0.15) is 24.6 Å². The number of amides is 3. The van der Waals surface area contributed by atoms with Gasteiger partial charge in [-0.3, -0.25) is 29.5 Å². The van der Waals surface area contributed by atoms with Crippen molar-refractivity contribution in [1.29, 1.82) is 0 Å². The van der Waals surface area contributed by atoms with Crippen molar-refractivity contribution >= 4 is 73.1 Å². The quantitative estimate of drug-likeness (QED) is 0.0519. The van der Waals surface area contributed by atoms with Crippen LogP contribution in [0, 0.1) is 16.0 Å². The summed E-state index contributed by atoms with van der Waals surface area (Å²) in [5.41, 5.74) is 0.685. The number of hydrogen-bond acceptors (Lipinski definition) is 12. The molecule has 0 radical (unpaired) electrons. The number of fused-ring (bicyclic) bond motifs is 1. The van der Waals surface area contributed by atoms with Crippen LogP contribution in [0.4, 0.5) is 16.2 Å². The second-order valence-electron chi connectivity index (χ2n) is 14.8. The van der Waals surface area contributed by atoms with Crippen LogP contribution in [-0.2, 0) is 34.9 Å².